The van der Waals surface area contributed by atoms with Crippen LogP contribution < -0.4 is 5.56 Å². The number of aromatic amines is 1. The molecule has 5 rings (SSSR count). The Morgan fingerprint density at radius 3 is 2.78 bits per heavy atom. The number of rotatable bonds is 3. The molecule has 4 aromatic rings. The van der Waals surface area contributed by atoms with Gasteiger partial charge in [-0.2, -0.15) is 0 Å². The number of halogens is 2. The van der Waals surface area contributed by atoms with E-state index in [4.69, 9.17) is 11.6 Å². The minimum absolute atomic E-state index is 0.168. The molecular weight excluding hydrogens is 431 g/mol. The molecule has 0 atom stereocenters. The van der Waals surface area contributed by atoms with Gasteiger partial charge in [-0.05, 0) is 42.2 Å². The molecule has 0 aliphatic carbocycles. The quantitative estimate of drug-likeness (QED) is 0.514. The summed E-state index contributed by atoms with van der Waals surface area (Å²) in [5, 5.41) is 3.13. The topological polar surface area (TPSA) is 70.5 Å². The van der Waals surface area contributed by atoms with Gasteiger partial charge in [0.25, 0.3) is 11.5 Å². The maximum absolute atomic E-state index is 13.4. The van der Waals surface area contributed by atoms with Crippen LogP contribution in [-0.2, 0) is 19.4 Å². The zero-order chi connectivity index (χ0) is 22.4. The molecule has 1 aliphatic heterocycles. The molecule has 1 N–H and O–H groups in total. The molecule has 0 saturated heterocycles. The third-order valence-corrected chi connectivity index (χ3v) is 6.34. The minimum atomic E-state index is -0.436. The maximum atomic E-state index is 13.4. The number of nitrogens with one attached hydrogen (secondary N) is 1. The number of benzene rings is 2. The number of fused-ring (bicyclic) bond motifs is 2. The Bertz CT molecular complexity index is 1430. The smallest absolute Gasteiger partial charge is 0.276 e. The number of carbonyl (C=O) groups excluding carboxylic acids is 1. The molecule has 0 unspecified atom stereocenters. The molecule has 0 fully saturated rings. The number of aryl methyl sites for hydroxylation is 1. The summed E-state index contributed by atoms with van der Waals surface area (Å²) in [6, 6.07) is 12.2. The molecule has 2 aromatic heterocycles. The molecule has 1 amide bonds. The van der Waals surface area contributed by atoms with Crippen molar-refractivity contribution in [3.8, 4) is 0 Å². The van der Waals surface area contributed by atoms with Crippen molar-refractivity contribution < 1.29 is 9.18 Å². The highest BCUT2D eigenvalue weighted by molar-refractivity contribution is 6.31. The summed E-state index contributed by atoms with van der Waals surface area (Å²) in [6.45, 7) is 2.86. The lowest BCUT2D eigenvalue weighted by Crippen LogP contribution is -2.36. The Balaban J connectivity index is 1.49. The monoisotopic (exact) mass is 450 g/mol. The van der Waals surface area contributed by atoms with Gasteiger partial charge in [-0.15, -0.1) is 0 Å². The second-order valence-electron chi connectivity index (χ2n) is 7.98. The summed E-state index contributed by atoms with van der Waals surface area (Å²) in [5.74, 6) is -0.604. The lowest BCUT2D eigenvalue weighted by Gasteiger charge is -2.28. The average molecular weight is 451 g/mol. The van der Waals surface area contributed by atoms with Crippen LogP contribution in [0, 0.1) is 12.7 Å². The summed E-state index contributed by atoms with van der Waals surface area (Å²) >= 11 is 6.14. The van der Waals surface area contributed by atoms with Crippen LogP contribution in [0.1, 0.15) is 38.3 Å². The summed E-state index contributed by atoms with van der Waals surface area (Å²) < 4.78 is 14.6. The van der Waals surface area contributed by atoms with Gasteiger partial charge in [-0.25, -0.2) is 13.9 Å². The third kappa shape index (κ3) is 3.48. The first-order valence-electron chi connectivity index (χ1n) is 10.3. The van der Waals surface area contributed by atoms with Gasteiger partial charge in [-0.3, -0.25) is 14.7 Å². The molecule has 8 heteroatoms. The summed E-state index contributed by atoms with van der Waals surface area (Å²) in [6.07, 6.45) is 2.53. The van der Waals surface area contributed by atoms with E-state index in [1.807, 2.05) is 18.2 Å². The number of carbonyl (C=O) groups is 1. The Morgan fingerprint density at radius 1 is 1.22 bits per heavy atom. The van der Waals surface area contributed by atoms with Crippen molar-refractivity contribution >= 4 is 23.2 Å². The summed E-state index contributed by atoms with van der Waals surface area (Å²) in [4.78, 5) is 32.8. The number of aromatic nitrogens is 3. The van der Waals surface area contributed by atoms with E-state index < -0.39 is 5.82 Å². The van der Waals surface area contributed by atoms with Crippen molar-refractivity contribution in [2.75, 3.05) is 6.54 Å². The molecular formula is C24H20ClFN4O2. The Labute approximate surface area is 188 Å². The predicted molar refractivity (Wildman–Crippen MR) is 120 cm³/mol. The summed E-state index contributed by atoms with van der Waals surface area (Å²) in [5.41, 5.74) is 4.30. The van der Waals surface area contributed by atoms with Crippen LogP contribution >= 0.6 is 11.6 Å². The van der Waals surface area contributed by atoms with Gasteiger partial charge in [0.1, 0.15) is 11.4 Å². The molecule has 1 aliphatic rings. The van der Waals surface area contributed by atoms with Gasteiger partial charge < -0.3 is 4.90 Å². The fourth-order valence-corrected chi connectivity index (χ4v) is 4.45. The largest absolute Gasteiger partial charge is 0.334 e. The number of hydrogen-bond acceptors (Lipinski definition) is 3. The molecule has 0 bridgehead atoms. The van der Waals surface area contributed by atoms with E-state index in [1.54, 1.807) is 17.9 Å². The lowest BCUT2D eigenvalue weighted by molar-refractivity contribution is 0.0736. The van der Waals surface area contributed by atoms with Crippen molar-refractivity contribution in [3.05, 3.63) is 103 Å². The normalized spacial score (nSPS) is 13.4. The SMILES string of the molecule is Cc1nc2c(C(=O)N3CCc4ccccc4C3)c[nH]n2c(=O)c1Cc1ccc(F)cc1Cl. The van der Waals surface area contributed by atoms with Crippen LogP contribution in [0.25, 0.3) is 5.65 Å². The molecule has 6 nitrogen and oxygen atoms in total. The van der Waals surface area contributed by atoms with E-state index in [0.29, 0.717) is 41.1 Å². The molecule has 0 saturated carbocycles. The van der Waals surface area contributed by atoms with E-state index in [2.05, 4.69) is 16.1 Å². The highest BCUT2D eigenvalue weighted by Gasteiger charge is 2.25. The highest BCUT2D eigenvalue weighted by Crippen LogP contribution is 2.23. The minimum Gasteiger partial charge on any atom is -0.334 e. The second-order valence-corrected chi connectivity index (χ2v) is 8.39. The van der Waals surface area contributed by atoms with Gasteiger partial charge in [0.2, 0.25) is 0 Å². The zero-order valence-electron chi connectivity index (χ0n) is 17.4. The van der Waals surface area contributed by atoms with Crippen LogP contribution in [0.15, 0.2) is 53.5 Å². The first-order valence-corrected chi connectivity index (χ1v) is 10.7. The molecule has 2 aromatic carbocycles. The molecule has 3 heterocycles. The third-order valence-electron chi connectivity index (χ3n) is 5.99. The zero-order valence-corrected chi connectivity index (χ0v) is 18.1. The van der Waals surface area contributed by atoms with Crippen molar-refractivity contribution in [3.63, 3.8) is 0 Å². The fraction of sp³-hybridized carbons (Fsp3) is 0.208. The van der Waals surface area contributed by atoms with Crippen molar-refractivity contribution in [1.29, 1.82) is 0 Å². The van der Waals surface area contributed by atoms with Gasteiger partial charge in [0.15, 0.2) is 5.65 Å². The van der Waals surface area contributed by atoms with Crippen LogP contribution in [0.3, 0.4) is 0 Å². The van der Waals surface area contributed by atoms with Crippen LogP contribution in [0.4, 0.5) is 4.39 Å². The molecule has 32 heavy (non-hydrogen) atoms. The number of H-pyrrole nitrogens is 1. The first-order chi connectivity index (χ1) is 15.4. The Kier molecular flexibility index (Phi) is 5.06. The van der Waals surface area contributed by atoms with Gasteiger partial charge in [-0.1, -0.05) is 41.9 Å². The molecule has 0 radical (unpaired) electrons. The van der Waals surface area contributed by atoms with E-state index >= 15 is 0 Å². The van der Waals surface area contributed by atoms with Crippen LogP contribution in [0.5, 0.6) is 0 Å². The lowest BCUT2D eigenvalue weighted by atomic mass is 9.99. The molecule has 162 valence electrons. The molecule has 0 spiro atoms. The maximum Gasteiger partial charge on any atom is 0.276 e. The van der Waals surface area contributed by atoms with E-state index in [-0.39, 0.29) is 22.9 Å². The van der Waals surface area contributed by atoms with Crippen LogP contribution in [-0.4, -0.2) is 31.9 Å². The van der Waals surface area contributed by atoms with Gasteiger partial charge in [0, 0.05) is 42.0 Å². The number of nitrogens with zero attached hydrogens (tertiary/aromatic N) is 3. The van der Waals surface area contributed by atoms with E-state index in [1.165, 1.54) is 28.4 Å². The van der Waals surface area contributed by atoms with Crippen LogP contribution in [0.2, 0.25) is 5.02 Å². The van der Waals surface area contributed by atoms with Gasteiger partial charge >= 0.3 is 0 Å². The van der Waals surface area contributed by atoms with E-state index in [0.717, 1.165) is 12.0 Å². The highest BCUT2D eigenvalue weighted by atomic mass is 35.5. The van der Waals surface area contributed by atoms with Crippen molar-refractivity contribution in [2.24, 2.45) is 0 Å². The Morgan fingerprint density at radius 2 is 2.00 bits per heavy atom. The van der Waals surface area contributed by atoms with Crippen molar-refractivity contribution in [1.82, 2.24) is 19.5 Å². The first kappa shape index (κ1) is 20.5. The number of amides is 1. The predicted octanol–water partition coefficient (Wildman–Crippen LogP) is 3.91. The average Bonchev–Trinajstić information content (AvgIpc) is 3.21. The number of hydrogen-bond donors (Lipinski definition) is 1. The van der Waals surface area contributed by atoms with Crippen molar-refractivity contribution in [2.45, 2.75) is 26.3 Å². The standard InChI is InChI=1S/C24H20ClFN4O2/c1-14-19(10-16-6-7-18(26)11-21(16)25)24(32)30-22(28-14)20(12-27-30)23(31)29-9-8-15-4-2-3-5-17(15)13-29/h2-7,11-12,27H,8-10,13H2,1H3. The summed E-state index contributed by atoms with van der Waals surface area (Å²) in [7, 11) is 0. The Hall–Kier alpha value is -3.45. The second kappa shape index (κ2) is 7.91. The fourth-order valence-electron chi connectivity index (χ4n) is 4.21. The van der Waals surface area contributed by atoms with E-state index in [9.17, 15) is 14.0 Å². The van der Waals surface area contributed by atoms with Gasteiger partial charge in [0.05, 0.1) is 0 Å².